The predicted molar refractivity (Wildman–Crippen MR) is 119 cm³/mol. The number of amides is 1. The minimum absolute atomic E-state index is 0.0706. The van der Waals surface area contributed by atoms with E-state index in [1.807, 2.05) is 0 Å². The van der Waals surface area contributed by atoms with Crippen LogP contribution in [-0.4, -0.2) is 43.4 Å². The molecule has 32 heavy (non-hydrogen) atoms. The van der Waals surface area contributed by atoms with Gasteiger partial charge in [-0.15, -0.1) is 0 Å². The lowest BCUT2D eigenvalue weighted by Gasteiger charge is -2.29. The molecule has 4 rings (SSSR count). The second-order valence-electron chi connectivity index (χ2n) is 7.95. The first-order valence-electron chi connectivity index (χ1n) is 10.4. The van der Waals surface area contributed by atoms with Gasteiger partial charge in [-0.25, -0.2) is 13.2 Å². The number of methoxy groups -OCH3 is 1. The van der Waals surface area contributed by atoms with Crippen molar-refractivity contribution in [3.8, 4) is 5.75 Å². The van der Waals surface area contributed by atoms with Crippen molar-refractivity contribution < 1.29 is 22.4 Å². The Morgan fingerprint density at radius 2 is 1.94 bits per heavy atom. The Bertz CT molecular complexity index is 1300. The van der Waals surface area contributed by atoms with E-state index in [1.165, 1.54) is 34.2 Å². The van der Waals surface area contributed by atoms with Crippen molar-refractivity contribution in [2.45, 2.75) is 31.2 Å². The maximum Gasteiger partial charge on any atom is 0.420 e. The molecule has 0 bridgehead atoms. The molecule has 1 aliphatic heterocycles. The number of nitrogens with one attached hydrogen (secondary N) is 1. The first kappa shape index (κ1) is 22.1. The number of rotatable bonds is 6. The number of aromatic nitrogens is 1. The highest BCUT2D eigenvalue weighted by molar-refractivity contribution is 7.89. The van der Waals surface area contributed by atoms with Crippen LogP contribution in [0, 0.1) is 5.92 Å². The average molecular weight is 460 g/mol. The number of oxazole rings is 1. The highest BCUT2D eigenvalue weighted by Gasteiger charge is 2.29. The van der Waals surface area contributed by atoms with E-state index in [4.69, 9.17) is 9.15 Å². The van der Waals surface area contributed by atoms with Gasteiger partial charge in [-0.1, -0.05) is 13.0 Å². The molecule has 0 spiro atoms. The van der Waals surface area contributed by atoms with E-state index in [0.29, 0.717) is 36.0 Å². The molecule has 1 aliphatic rings. The van der Waals surface area contributed by atoms with Crippen LogP contribution in [0.5, 0.6) is 5.75 Å². The summed E-state index contributed by atoms with van der Waals surface area (Å²) in [7, 11) is -2.15. The van der Waals surface area contributed by atoms with Gasteiger partial charge in [0, 0.05) is 30.9 Å². The van der Waals surface area contributed by atoms with Crippen molar-refractivity contribution in [2.24, 2.45) is 5.92 Å². The monoisotopic (exact) mass is 459 g/mol. The van der Waals surface area contributed by atoms with Crippen molar-refractivity contribution >= 4 is 32.7 Å². The number of carbonyl (C=O) groups is 1. The summed E-state index contributed by atoms with van der Waals surface area (Å²) in [5.41, 5.74) is 0.997. The molecule has 0 unspecified atom stereocenters. The van der Waals surface area contributed by atoms with Crippen LogP contribution in [0.3, 0.4) is 0 Å². The van der Waals surface area contributed by atoms with Crippen LogP contribution in [0.2, 0.25) is 0 Å². The van der Waals surface area contributed by atoms with Crippen molar-refractivity contribution in [3.05, 3.63) is 53.0 Å². The molecule has 1 N–H and O–H groups in total. The smallest absolute Gasteiger partial charge is 0.420 e. The molecule has 1 amide bonds. The third-order valence-electron chi connectivity index (χ3n) is 5.68. The summed E-state index contributed by atoms with van der Waals surface area (Å²) in [6.07, 6.45) is 1.63. The zero-order valence-corrected chi connectivity index (χ0v) is 18.7. The lowest BCUT2D eigenvalue weighted by Crippen LogP contribution is -2.37. The largest absolute Gasteiger partial charge is 0.497 e. The fourth-order valence-corrected chi connectivity index (χ4v) is 5.26. The summed E-state index contributed by atoms with van der Waals surface area (Å²) in [6, 6.07) is 11.1. The van der Waals surface area contributed by atoms with Crippen LogP contribution in [0.4, 0.5) is 5.69 Å². The van der Waals surface area contributed by atoms with Crippen molar-refractivity contribution in [1.29, 1.82) is 0 Å². The van der Waals surface area contributed by atoms with Crippen LogP contribution in [0.25, 0.3) is 11.1 Å². The van der Waals surface area contributed by atoms with E-state index < -0.39 is 21.7 Å². The summed E-state index contributed by atoms with van der Waals surface area (Å²) in [4.78, 5) is 24.9. The quantitative estimate of drug-likeness (QED) is 0.607. The van der Waals surface area contributed by atoms with Gasteiger partial charge in [-0.2, -0.15) is 4.31 Å². The van der Waals surface area contributed by atoms with Gasteiger partial charge in [0.15, 0.2) is 5.58 Å². The Hall–Kier alpha value is -3.11. The second-order valence-corrected chi connectivity index (χ2v) is 9.89. The highest BCUT2D eigenvalue weighted by Crippen LogP contribution is 2.26. The minimum atomic E-state index is -3.68. The number of hydrogen-bond donors (Lipinski definition) is 1. The summed E-state index contributed by atoms with van der Waals surface area (Å²) < 4.78 is 39.0. The molecule has 170 valence electrons. The van der Waals surface area contributed by atoms with E-state index >= 15 is 0 Å². The number of benzene rings is 2. The van der Waals surface area contributed by atoms with Gasteiger partial charge in [0.2, 0.25) is 15.9 Å². The lowest BCUT2D eigenvalue weighted by atomic mass is 10.0. The molecular weight excluding hydrogens is 434 g/mol. The number of fused-ring (bicyclic) bond motifs is 1. The molecular formula is C22H25N3O6S. The van der Waals surface area contributed by atoms with E-state index in [2.05, 4.69) is 12.2 Å². The fraction of sp³-hybridized carbons (Fsp3) is 0.364. The predicted octanol–water partition coefficient (Wildman–Crippen LogP) is 2.66. The van der Waals surface area contributed by atoms with Crippen LogP contribution < -0.4 is 15.8 Å². The molecule has 0 atom stereocenters. The Morgan fingerprint density at radius 3 is 2.66 bits per heavy atom. The molecule has 0 saturated carbocycles. The molecule has 1 fully saturated rings. The molecule has 0 radical (unpaired) electrons. The summed E-state index contributed by atoms with van der Waals surface area (Å²) in [5.74, 6) is -0.0749. The van der Waals surface area contributed by atoms with Crippen LogP contribution in [0.15, 0.2) is 56.6 Å². The average Bonchev–Trinajstić information content (AvgIpc) is 3.08. The second kappa shape index (κ2) is 8.79. The third kappa shape index (κ3) is 4.42. The Kier molecular flexibility index (Phi) is 6.07. The minimum Gasteiger partial charge on any atom is -0.497 e. The number of ether oxygens (including phenoxy) is 1. The number of nitrogens with zero attached hydrogens (tertiary/aromatic N) is 2. The van der Waals surface area contributed by atoms with E-state index in [9.17, 15) is 18.0 Å². The maximum absolute atomic E-state index is 13.0. The normalized spacial score (nSPS) is 15.7. The SMILES string of the molecule is COc1cccc(NC(=O)Cn2c(=O)oc3cc(S(=O)(=O)N4CCC(C)CC4)ccc32)c1. The van der Waals surface area contributed by atoms with Gasteiger partial charge in [0.25, 0.3) is 0 Å². The van der Waals surface area contributed by atoms with Gasteiger partial charge in [-0.3, -0.25) is 9.36 Å². The molecule has 1 saturated heterocycles. The highest BCUT2D eigenvalue weighted by atomic mass is 32.2. The molecule has 2 aromatic carbocycles. The number of hydrogen-bond acceptors (Lipinski definition) is 6. The zero-order chi connectivity index (χ0) is 22.9. The summed E-state index contributed by atoms with van der Waals surface area (Å²) >= 11 is 0. The van der Waals surface area contributed by atoms with Crippen LogP contribution in [-0.2, 0) is 21.4 Å². The van der Waals surface area contributed by atoms with E-state index in [0.717, 1.165) is 12.8 Å². The molecule has 0 aliphatic carbocycles. The molecule has 2 heterocycles. The summed E-state index contributed by atoms with van der Waals surface area (Å²) in [5, 5.41) is 2.71. The maximum atomic E-state index is 13.0. The number of piperidine rings is 1. The third-order valence-corrected chi connectivity index (χ3v) is 7.57. The fourth-order valence-electron chi connectivity index (χ4n) is 3.78. The van der Waals surface area contributed by atoms with Crippen molar-refractivity contribution in [2.75, 3.05) is 25.5 Å². The van der Waals surface area contributed by atoms with Gasteiger partial charge in [0.05, 0.1) is 17.5 Å². The first-order chi connectivity index (χ1) is 15.3. The molecule has 9 nitrogen and oxygen atoms in total. The molecule has 10 heteroatoms. The Morgan fingerprint density at radius 1 is 1.19 bits per heavy atom. The van der Waals surface area contributed by atoms with Gasteiger partial charge < -0.3 is 14.5 Å². The standard InChI is InChI=1S/C22H25N3O6S/c1-15-8-10-24(11-9-15)32(28,29)18-6-7-19-20(13-18)31-22(27)25(19)14-21(26)23-16-4-3-5-17(12-16)30-2/h3-7,12-13,15H,8-11,14H2,1-2H3,(H,23,26). The Labute approximate surface area is 185 Å². The van der Waals surface area contributed by atoms with Gasteiger partial charge in [-0.05, 0) is 43.0 Å². The summed E-state index contributed by atoms with van der Waals surface area (Å²) in [6.45, 7) is 2.77. The van der Waals surface area contributed by atoms with Crippen molar-refractivity contribution in [1.82, 2.24) is 8.87 Å². The molecule has 3 aromatic rings. The van der Waals surface area contributed by atoms with Gasteiger partial charge in [0.1, 0.15) is 12.3 Å². The van der Waals surface area contributed by atoms with E-state index in [-0.39, 0.29) is 17.0 Å². The van der Waals surface area contributed by atoms with Gasteiger partial charge >= 0.3 is 5.76 Å². The number of carbonyl (C=O) groups excluding carboxylic acids is 1. The van der Waals surface area contributed by atoms with E-state index in [1.54, 1.807) is 24.3 Å². The Balaban J connectivity index is 1.56. The zero-order valence-electron chi connectivity index (χ0n) is 17.9. The first-order valence-corrected chi connectivity index (χ1v) is 11.8. The van der Waals surface area contributed by atoms with Crippen LogP contribution >= 0.6 is 0 Å². The van der Waals surface area contributed by atoms with Crippen LogP contribution in [0.1, 0.15) is 19.8 Å². The molecule has 1 aromatic heterocycles. The number of anilines is 1. The topological polar surface area (TPSA) is 111 Å². The lowest BCUT2D eigenvalue weighted by molar-refractivity contribution is -0.116. The number of sulfonamides is 1. The van der Waals surface area contributed by atoms with Crippen molar-refractivity contribution in [3.63, 3.8) is 0 Å².